The predicted molar refractivity (Wildman–Crippen MR) is 87.6 cm³/mol. The van der Waals surface area contributed by atoms with Gasteiger partial charge in [-0.15, -0.1) is 0 Å². The number of aryl methyl sites for hydroxylation is 2. The maximum Gasteiger partial charge on any atom is 0.0472 e. The molecule has 0 saturated carbocycles. The van der Waals surface area contributed by atoms with Crippen LogP contribution >= 0.6 is 0 Å². The second kappa shape index (κ2) is 6.58. The first-order valence-corrected chi connectivity index (χ1v) is 7.34. The fourth-order valence-electron chi connectivity index (χ4n) is 2.67. The number of hydrogen-bond donors (Lipinski definition) is 1. The van der Waals surface area contributed by atoms with Gasteiger partial charge in [-0.25, -0.2) is 0 Å². The lowest BCUT2D eigenvalue weighted by Crippen LogP contribution is -2.14. The summed E-state index contributed by atoms with van der Waals surface area (Å²) in [4.78, 5) is 2.29. The van der Waals surface area contributed by atoms with Crippen LogP contribution in [0.5, 0.6) is 0 Å². The van der Waals surface area contributed by atoms with Gasteiger partial charge in [0.05, 0.1) is 0 Å². The van der Waals surface area contributed by atoms with Crippen LogP contribution in [0.1, 0.15) is 30.5 Å². The summed E-state index contributed by atoms with van der Waals surface area (Å²) in [7, 11) is 2.14. The van der Waals surface area contributed by atoms with Crippen LogP contribution in [-0.2, 0) is 19.4 Å². The molecule has 0 aliphatic carbocycles. The highest BCUT2D eigenvalue weighted by atomic mass is 15.1. The molecule has 2 aromatic rings. The van der Waals surface area contributed by atoms with Gasteiger partial charge in [0.25, 0.3) is 0 Å². The number of nitrogens with two attached hydrogens (primary N) is 1. The van der Waals surface area contributed by atoms with Crippen molar-refractivity contribution in [1.82, 2.24) is 0 Å². The van der Waals surface area contributed by atoms with Gasteiger partial charge in [0.15, 0.2) is 0 Å². The van der Waals surface area contributed by atoms with Gasteiger partial charge in [0, 0.05) is 25.0 Å². The van der Waals surface area contributed by atoms with Crippen LogP contribution in [-0.4, -0.2) is 7.05 Å². The molecule has 2 rings (SSSR count). The minimum absolute atomic E-state index is 0.581. The molecular formula is C18H24N2. The molecule has 0 atom stereocenters. The van der Waals surface area contributed by atoms with Gasteiger partial charge < -0.3 is 10.6 Å². The summed E-state index contributed by atoms with van der Waals surface area (Å²) in [6.07, 6.45) is 2.09. The molecule has 2 aromatic carbocycles. The summed E-state index contributed by atoms with van der Waals surface area (Å²) in [5, 5.41) is 0. The van der Waals surface area contributed by atoms with Crippen molar-refractivity contribution in [2.45, 2.75) is 33.2 Å². The lowest BCUT2D eigenvalue weighted by atomic mass is 10.0. The fraction of sp³-hybridized carbons (Fsp3) is 0.333. The number of anilines is 2. The van der Waals surface area contributed by atoms with Gasteiger partial charge >= 0.3 is 0 Å². The normalized spacial score (nSPS) is 10.6. The van der Waals surface area contributed by atoms with E-state index in [2.05, 4.69) is 68.3 Å². The molecule has 0 unspecified atom stereocenters. The second-order valence-electron chi connectivity index (χ2n) is 5.07. The largest absolute Gasteiger partial charge is 0.344 e. The third-order valence-electron chi connectivity index (χ3n) is 3.83. The first-order chi connectivity index (χ1) is 9.71. The Hall–Kier alpha value is -1.80. The molecule has 0 aliphatic heterocycles. The second-order valence-corrected chi connectivity index (χ2v) is 5.07. The van der Waals surface area contributed by atoms with Gasteiger partial charge in [0.1, 0.15) is 0 Å². The minimum Gasteiger partial charge on any atom is -0.344 e. The zero-order chi connectivity index (χ0) is 14.5. The van der Waals surface area contributed by atoms with E-state index in [-0.39, 0.29) is 0 Å². The molecule has 20 heavy (non-hydrogen) atoms. The molecule has 0 aliphatic rings. The first-order valence-electron chi connectivity index (χ1n) is 7.34. The number of para-hydroxylation sites is 1. The van der Waals surface area contributed by atoms with Gasteiger partial charge in [-0.05, 0) is 41.7 Å². The summed E-state index contributed by atoms with van der Waals surface area (Å²) < 4.78 is 0. The van der Waals surface area contributed by atoms with Crippen LogP contribution in [0.4, 0.5) is 11.4 Å². The Morgan fingerprint density at radius 3 is 2.10 bits per heavy atom. The molecular weight excluding hydrogens is 244 g/mol. The lowest BCUT2D eigenvalue weighted by Gasteiger charge is -2.25. The first kappa shape index (κ1) is 14.6. The van der Waals surface area contributed by atoms with E-state index >= 15 is 0 Å². The van der Waals surface area contributed by atoms with E-state index in [1.807, 2.05) is 0 Å². The highest BCUT2D eigenvalue weighted by molar-refractivity contribution is 5.69. The molecule has 0 spiro atoms. The Kier molecular flexibility index (Phi) is 4.80. The lowest BCUT2D eigenvalue weighted by molar-refractivity contribution is 1.03. The SMILES string of the molecule is CCc1cccc(CC)c1N(C)c1cccc(CN)c1. The molecule has 2 heteroatoms. The van der Waals surface area contributed by atoms with Crippen molar-refractivity contribution in [3.63, 3.8) is 0 Å². The predicted octanol–water partition coefficient (Wildman–Crippen LogP) is 4.04. The zero-order valence-electron chi connectivity index (χ0n) is 12.7. The summed E-state index contributed by atoms with van der Waals surface area (Å²) in [6, 6.07) is 15.1. The molecule has 0 amide bonds. The van der Waals surface area contributed by atoms with Crippen LogP contribution in [0.3, 0.4) is 0 Å². The van der Waals surface area contributed by atoms with E-state index in [4.69, 9.17) is 5.73 Å². The van der Waals surface area contributed by atoms with E-state index in [1.165, 1.54) is 28.1 Å². The highest BCUT2D eigenvalue weighted by Gasteiger charge is 2.12. The van der Waals surface area contributed by atoms with Crippen molar-refractivity contribution in [1.29, 1.82) is 0 Å². The fourth-order valence-corrected chi connectivity index (χ4v) is 2.67. The van der Waals surface area contributed by atoms with Crippen LogP contribution < -0.4 is 10.6 Å². The van der Waals surface area contributed by atoms with Gasteiger partial charge in [0.2, 0.25) is 0 Å². The summed E-state index contributed by atoms with van der Waals surface area (Å²) in [5.74, 6) is 0. The van der Waals surface area contributed by atoms with Crippen LogP contribution in [0, 0.1) is 0 Å². The molecule has 0 radical (unpaired) electrons. The number of rotatable bonds is 5. The van der Waals surface area contributed by atoms with Gasteiger partial charge in [-0.2, -0.15) is 0 Å². The number of nitrogens with zero attached hydrogens (tertiary/aromatic N) is 1. The number of benzene rings is 2. The molecule has 0 saturated heterocycles. The summed E-state index contributed by atoms with van der Waals surface area (Å²) in [6.45, 7) is 5.00. The Balaban J connectivity index is 2.49. The van der Waals surface area contributed by atoms with Crippen molar-refractivity contribution in [3.8, 4) is 0 Å². The quantitative estimate of drug-likeness (QED) is 0.886. The Morgan fingerprint density at radius 2 is 1.55 bits per heavy atom. The number of hydrogen-bond acceptors (Lipinski definition) is 2. The van der Waals surface area contributed by atoms with E-state index in [0.717, 1.165) is 12.8 Å². The Morgan fingerprint density at radius 1 is 0.950 bits per heavy atom. The molecule has 2 N–H and O–H groups in total. The van der Waals surface area contributed by atoms with Gasteiger partial charge in [-0.1, -0.05) is 44.2 Å². The third-order valence-corrected chi connectivity index (χ3v) is 3.83. The molecule has 0 bridgehead atoms. The van der Waals surface area contributed by atoms with Crippen LogP contribution in [0.25, 0.3) is 0 Å². The standard InChI is InChI=1S/C18H24N2/c1-4-15-9-7-10-16(5-2)18(15)20(3)17-11-6-8-14(12-17)13-19/h6-12H,4-5,13,19H2,1-3H3. The smallest absolute Gasteiger partial charge is 0.0472 e. The van der Waals surface area contributed by atoms with E-state index in [0.29, 0.717) is 6.54 Å². The topological polar surface area (TPSA) is 29.3 Å². The molecule has 0 fully saturated rings. The average Bonchev–Trinajstić information content (AvgIpc) is 2.53. The van der Waals surface area contributed by atoms with E-state index < -0.39 is 0 Å². The van der Waals surface area contributed by atoms with Crippen molar-refractivity contribution in [2.24, 2.45) is 5.73 Å². The molecule has 2 nitrogen and oxygen atoms in total. The van der Waals surface area contributed by atoms with Gasteiger partial charge in [-0.3, -0.25) is 0 Å². The van der Waals surface area contributed by atoms with Crippen molar-refractivity contribution in [2.75, 3.05) is 11.9 Å². The molecule has 106 valence electrons. The molecule has 0 aromatic heterocycles. The van der Waals surface area contributed by atoms with E-state index in [1.54, 1.807) is 0 Å². The Labute approximate surface area is 122 Å². The van der Waals surface area contributed by atoms with Crippen molar-refractivity contribution >= 4 is 11.4 Å². The maximum atomic E-state index is 5.75. The Bertz CT molecular complexity index is 553. The van der Waals surface area contributed by atoms with Crippen molar-refractivity contribution < 1.29 is 0 Å². The monoisotopic (exact) mass is 268 g/mol. The maximum absolute atomic E-state index is 5.75. The zero-order valence-corrected chi connectivity index (χ0v) is 12.7. The average molecular weight is 268 g/mol. The minimum atomic E-state index is 0.581. The van der Waals surface area contributed by atoms with Crippen LogP contribution in [0.2, 0.25) is 0 Å². The molecule has 0 heterocycles. The highest BCUT2D eigenvalue weighted by Crippen LogP contribution is 2.31. The van der Waals surface area contributed by atoms with Crippen molar-refractivity contribution in [3.05, 3.63) is 59.2 Å². The van der Waals surface area contributed by atoms with Crippen LogP contribution in [0.15, 0.2) is 42.5 Å². The third kappa shape index (κ3) is 2.86. The van der Waals surface area contributed by atoms with E-state index in [9.17, 15) is 0 Å². The summed E-state index contributed by atoms with van der Waals surface area (Å²) >= 11 is 0. The summed E-state index contributed by atoms with van der Waals surface area (Å²) in [5.41, 5.74) is 12.2.